The third kappa shape index (κ3) is 4.38. The second-order valence-electron chi connectivity index (χ2n) is 2.95. The Balaban J connectivity index is 2.89. The zero-order valence-corrected chi connectivity index (χ0v) is 10.1. The minimum absolute atomic E-state index is 0.0765. The Morgan fingerprint density at radius 1 is 1.18 bits per heavy atom. The highest BCUT2D eigenvalue weighted by Gasteiger charge is 2.08. The summed E-state index contributed by atoms with van der Waals surface area (Å²) in [6, 6.07) is 5.63. The van der Waals surface area contributed by atoms with Crippen LogP contribution in [0, 0.1) is 10.1 Å². The Morgan fingerprint density at radius 3 is 2.29 bits per heavy atom. The van der Waals surface area contributed by atoms with Crippen LogP contribution in [-0.4, -0.2) is 13.3 Å². The highest BCUT2D eigenvalue weighted by Crippen LogP contribution is 2.15. The lowest BCUT2D eigenvalue weighted by atomic mass is 10.4. The molecule has 0 aromatic heterocycles. The lowest BCUT2D eigenvalue weighted by Gasteiger charge is -1.97. The van der Waals surface area contributed by atoms with Crippen molar-refractivity contribution in [2.24, 2.45) is 0 Å². The molecule has 0 aliphatic carbocycles. The number of hydrogen-bond acceptors (Lipinski definition) is 4. The van der Waals surface area contributed by atoms with E-state index in [0.717, 1.165) is 17.6 Å². The van der Waals surface area contributed by atoms with E-state index in [-0.39, 0.29) is 4.90 Å². The molecule has 5 nitrogen and oxygen atoms in total. The number of hydrogen-bond donors (Lipinski definition) is 0. The molecule has 7 heteroatoms. The van der Waals surface area contributed by atoms with Gasteiger partial charge in [-0.2, -0.15) is 0 Å². The lowest BCUT2D eigenvalue weighted by molar-refractivity contribution is -0.402. The Bertz CT molecular complexity index is 560. The van der Waals surface area contributed by atoms with Gasteiger partial charge in [0.15, 0.2) is 9.84 Å². The molecule has 0 heterocycles. The van der Waals surface area contributed by atoms with Crippen molar-refractivity contribution in [1.29, 1.82) is 0 Å². The van der Waals surface area contributed by atoms with E-state index in [4.69, 9.17) is 11.6 Å². The van der Waals surface area contributed by atoms with Gasteiger partial charge in [0.2, 0.25) is 6.20 Å². The van der Waals surface area contributed by atoms with Crippen LogP contribution in [0.5, 0.6) is 0 Å². The van der Waals surface area contributed by atoms with Gasteiger partial charge in [-0.15, -0.1) is 0 Å². The molecule has 0 bridgehead atoms. The summed E-state index contributed by atoms with van der Waals surface area (Å²) in [5.74, 6) is 0. The number of halogens is 1. The molecule has 90 valence electrons. The zero-order valence-electron chi connectivity index (χ0n) is 8.49. The van der Waals surface area contributed by atoms with Crippen LogP contribution in [0.25, 0.3) is 0 Å². The lowest BCUT2D eigenvalue weighted by Crippen LogP contribution is -1.95. The smallest absolute Gasteiger partial charge is 0.234 e. The molecule has 1 aromatic rings. The van der Waals surface area contributed by atoms with Gasteiger partial charge in [-0.25, -0.2) is 8.42 Å². The van der Waals surface area contributed by atoms with Crippen LogP contribution in [-0.2, 0) is 9.84 Å². The van der Waals surface area contributed by atoms with Crippen LogP contribution in [0.3, 0.4) is 0 Å². The van der Waals surface area contributed by atoms with Crippen molar-refractivity contribution >= 4 is 21.4 Å². The van der Waals surface area contributed by atoms with Gasteiger partial charge in [-0.1, -0.05) is 11.6 Å². The first kappa shape index (κ1) is 13.4. The van der Waals surface area contributed by atoms with E-state index in [1.54, 1.807) is 0 Å². The molecule has 17 heavy (non-hydrogen) atoms. The monoisotopic (exact) mass is 273 g/mol. The van der Waals surface area contributed by atoms with E-state index in [2.05, 4.69) is 0 Å². The SMILES string of the molecule is O=[N+]([O-])/C=C\C=C/S(=O)(=O)c1ccc(Cl)cc1. The summed E-state index contributed by atoms with van der Waals surface area (Å²) in [5.41, 5.74) is 0. The van der Waals surface area contributed by atoms with Crippen molar-refractivity contribution in [3.63, 3.8) is 0 Å². The second kappa shape index (κ2) is 5.60. The molecule has 0 aliphatic heterocycles. The fraction of sp³-hybridized carbons (Fsp3) is 0. The van der Waals surface area contributed by atoms with Gasteiger partial charge in [0.25, 0.3) is 0 Å². The first-order chi connectivity index (χ1) is 7.92. The van der Waals surface area contributed by atoms with Crippen LogP contribution in [0.1, 0.15) is 0 Å². The van der Waals surface area contributed by atoms with Gasteiger partial charge >= 0.3 is 0 Å². The molecule has 1 aromatic carbocycles. The minimum Gasteiger partial charge on any atom is -0.259 e. The van der Waals surface area contributed by atoms with Crippen molar-refractivity contribution in [3.05, 3.63) is 63.2 Å². The van der Waals surface area contributed by atoms with Gasteiger partial charge in [0, 0.05) is 16.5 Å². The fourth-order valence-electron chi connectivity index (χ4n) is 0.972. The molecule has 0 atom stereocenters. The van der Waals surface area contributed by atoms with Crippen LogP contribution < -0.4 is 0 Å². The first-order valence-corrected chi connectivity index (χ1v) is 6.33. The third-order valence-corrected chi connectivity index (χ3v) is 3.42. The summed E-state index contributed by atoms with van der Waals surface area (Å²) < 4.78 is 23.3. The van der Waals surface area contributed by atoms with E-state index in [1.807, 2.05) is 0 Å². The summed E-state index contributed by atoms with van der Waals surface area (Å²) in [7, 11) is -3.59. The maximum atomic E-state index is 11.7. The molecule has 0 fully saturated rings. The molecule has 1 rings (SSSR count). The molecular weight excluding hydrogens is 266 g/mol. The molecule has 0 spiro atoms. The molecule has 0 N–H and O–H groups in total. The van der Waals surface area contributed by atoms with Crippen LogP contribution in [0.4, 0.5) is 0 Å². The highest BCUT2D eigenvalue weighted by atomic mass is 35.5. The summed E-state index contributed by atoms with van der Waals surface area (Å²) in [6.45, 7) is 0. The number of sulfone groups is 1. The molecule has 0 saturated heterocycles. The predicted molar refractivity (Wildman–Crippen MR) is 63.9 cm³/mol. The molecule has 0 aliphatic rings. The molecule has 0 amide bonds. The van der Waals surface area contributed by atoms with E-state index in [9.17, 15) is 18.5 Å². The first-order valence-electron chi connectivity index (χ1n) is 4.41. The number of rotatable bonds is 4. The van der Waals surface area contributed by atoms with Gasteiger partial charge in [0.05, 0.1) is 9.82 Å². The van der Waals surface area contributed by atoms with Gasteiger partial charge < -0.3 is 0 Å². The number of benzene rings is 1. The summed E-state index contributed by atoms with van der Waals surface area (Å²) in [4.78, 5) is 9.35. The van der Waals surface area contributed by atoms with Crippen molar-refractivity contribution in [2.75, 3.05) is 0 Å². The van der Waals surface area contributed by atoms with E-state index >= 15 is 0 Å². The Kier molecular flexibility index (Phi) is 4.42. The van der Waals surface area contributed by atoms with Gasteiger partial charge in [-0.05, 0) is 30.3 Å². The second-order valence-corrected chi connectivity index (χ2v) is 5.22. The van der Waals surface area contributed by atoms with Crippen molar-refractivity contribution in [2.45, 2.75) is 4.90 Å². The van der Waals surface area contributed by atoms with Crippen LogP contribution in [0.2, 0.25) is 5.02 Å². The largest absolute Gasteiger partial charge is 0.259 e. The zero-order chi connectivity index (χ0) is 12.9. The van der Waals surface area contributed by atoms with Gasteiger partial charge in [0.1, 0.15) is 0 Å². The number of allylic oxidation sites excluding steroid dienone is 2. The summed E-state index contributed by atoms with van der Waals surface area (Å²) in [5, 5.41) is 11.3. The van der Waals surface area contributed by atoms with E-state index in [1.165, 1.54) is 24.3 Å². The molecule has 0 saturated carbocycles. The van der Waals surface area contributed by atoms with Crippen molar-refractivity contribution < 1.29 is 13.3 Å². The third-order valence-electron chi connectivity index (χ3n) is 1.72. The average Bonchev–Trinajstić information content (AvgIpc) is 2.25. The Hall–Kier alpha value is -1.66. The molecular formula is C10H8ClNO4S. The normalized spacial score (nSPS) is 12.3. The number of nitrogens with zero attached hydrogens (tertiary/aromatic N) is 1. The molecule has 0 unspecified atom stereocenters. The highest BCUT2D eigenvalue weighted by molar-refractivity contribution is 7.94. The Morgan fingerprint density at radius 2 is 1.76 bits per heavy atom. The van der Waals surface area contributed by atoms with E-state index < -0.39 is 14.8 Å². The van der Waals surface area contributed by atoms with Crippen LogP contribution >= 0.6 is 11.6 Å². The standard InChI is InChI=1S/C10H8ClNO4S/c11-9-3-5-10(6-4-9)17(15,16)8-2-1-7-12(13)14/h1-8H/b7-1-,8-2-. The van der Waals surface area contributed by atoms with Gasteiger partial charge in [-0.3, -0.25) is 10.1 Å². The maximum Gasteiger partial charge on any atom is 0.234 e. The van der Waals surface area contributed by atoms with Crippen molar-refractivity contribution in [1.82, 2.24) is 0 Å². The summed E-state index contributed by atoms with van der Waals surface area (Å²) >= 11 is 5.62. The number of nitro groups is 1. The maximum absolute atomic E-state index is 11.7. The summed E-state index contributed by atoms with van der Waals surface area (Å²) in [6.07, 6.45) is 2.77. The van der Waals surface area contributed by atoms with E-state index in [0.29, 0.717) is 11.2 Å². The van der Waals surface area contributed by atoms with Crippen LogP contribution in [0.15, 0.2) is 52.9 Å². The Labute approximate surface area is 103 Å². The topological polar surface area (TPSA) is 77.3 Å². The minimum atomic E-state index is -3.59. The average molecular weight is 274 g/mol. The molecule has 0 radical (unpaired) electrons. The predicted octanol–water partition coefficient (Wildman–Crippen LogP) is 2.42. The quantitative estimate of drug-likeness (QED) is 0.479. The fourth-order valence-corrected chi connectivity index (χ4v) is 2.07. The van der Waals surface area contributed by atoms with Crippen molar-refractivity contribution in [3.8, 4) is 0 Å².